The van der Waals surface area contributed by atoms with E-state index >= 15 is 0 Å². The molecule has 8 rings (SSSR count). The number of carbonyl (C=O) groups excluding carboxylic acids is 3. The molecule has 0 bridgehead atoms. The molecule has 4 aromatic rings. The number of Topliss-reactive ketones (excluding diaryl/α,β-unsaturated/α-hetero) is 1. The average molecular weight is 528 g/mol. The number of rotatable bonds is 3. The van der Waals surface area contributed by atoms with Crippen molar-refractivity contribution in [3.8, 4) is 0 Å². The molecule has 4 aliphatic heterocycles. The molecule has 6 nitrogen and oxygen atoms in total. The lowest BCUT2D eigenvalue weighted by molar-refractivity contribution is -0.137. The summed E-state index contributed by atoms with van der Waals surface area (Å²) in [5.74, 6) is -1.30. The lowest BCUT2D eigenvalue weighted by Crippen LogP contribution is -2.62. The Morgan fingerprint density at radius 2 is 1.65 bits per heavy atom. The van der Waals surface area contributed by atoms with Gasteiger partial charge in [0, 0.05) is 28.5 Å². The van der Waals surface area contributed by atoms with Crippen molar-refractivity contribution < 1.29 is 14.4 Å². The molecule has 0 unspecified atom stereocenters. The van der Waals surface area contributed by atoms with Crippen LogP contribution in [0.4, 0.5) is 11.4 Å². The van der Waals surface area contributed by atoms with Gasteiger partial charge in [0.15, 0.2) is 5.78 Å². The van der Waals surface area contributed by atoms with E-state index in [0.717, 1.165) is 52.4 Å². The molecule has 4 aliphatic rings. The summed E-state index contributed by atoms with van der Waals surface area (Å²) in [6.07, 6.45) is 2.36. The molecule has 198 valence electrons. The summed E-state index contributed by atoms with van der Waals surface area (Å²) in [5, 5.41) is 8.37. The molecule has 2 spiro atoms. The SMILES string of the molecule is CCc1cccc2c1NC(=O)[C@]21N2CCC[C@@H]2[C@@H](C(=O)c2ccc3ccccc3c2)[C@@]12C(=O)Nc1ccccc12. The fourth-order valence-electron chi connectivity index (χ4n) is 8.48. The molecular formula is C34H29N3O3. The number of hydrogen-bond donors (Lipinski definition) is 2. The molecule has 4 heterocycles. The normalized spacial score (nSPS) is 28.1. The number of anilines is 2. The van der Waals surface area contributed by atoms with Crippen molar-refractivity contribution in [2.45, 2.75) is 43.2 Å². The number of hydrogen-bond acceptors (Lipinski definition) is 4. The molecule has 6 heteroatoms. The first-order valence-electron chi connectivity index (χ1n) is 14.2. The highest BCUT2D eigenvalue weighted by Crippen LogP contribution is 2.68. The first kappa shape index (κ1) is 23.6. The predicted molar refractivity (Wildman–Crippen MR) is 154 cm³/mol. The van der Waals surface area contributed by atoms with Crippen LogP contribution in [0.15, 0.2) is 84.9 Å². The monoisotopic (exact) mass is 527 g/mol. The molecule has 4 aromatic carbocycles. The van der Waals surface area contributed by atoms with Crippen molar-refractivity contribution in [3.63, 3.8) is 0 Å². The third kappa shape index (κ3) is 2.60. The maximum Gasteiger partial charge on any atom is 0.251 e. The van der Waals surface area contributed by atoms with E-state index in [-0.39, 0.29) is 23.6 Å². The topological polar surface area (TPSA) is 78.5 Å². The van der Waals surface area contributed by atoms with E-state index in [9.17, 15) is 14.4 Å². The van der Waals surface area contributed by atoms with Gasteiger partial charge in [-0.05, 0) is 59.8 Å². The lowest BCUT2D eigenvalue weighted by atomic mass is 9.57. The number of fused-ring (bicyclic) bond motifs is 8. The van der Waals surface area contributed by atoms with Gasteiger partial charge >= 0.3 is 0 Å². The quantitative estimate of drug-likeness (QED) is 0.349. The van der Waals surface area contributed by atoms with Crippen LogP contribution in [0.1, 0.15) is 46.8 Å². The maximum absolute atomic E-state index is 14.9. The van der Waals surface area contributed by atoms with E-state index in [2.05, 4.69) is 22.5 Å². The molecule has 0 aliphatic carbocycles. The number of nitrogens with zero attached hydrogens (tertiary/aromatic N) is 1. The van der Waals surface area contributed by atoms with Gasteiger partial charge in [-0.3, -0.25) is 19.3 Å². The van der Waals surface area contributed by atoms with Crippen molar-refractivity contribution >= 4 is 39.7 Å². The molecule has 40 heavy (non-hydrogen) atoms. The second-order valence-electron chi connectivity index (χ2n) is 11.5. The Morgan fingerprint density at radius 3 is 2.50 bits per heavy atom. The van der Waals surface area contributed by atoms with Gasteiger partial charge in [0.05, 0.1) is 5.92 Å². The summed E-state index contributed by atoms with van der Waals surface area (Å²) in [5.41, 5.74) is 1.87. The number of ketones is 1. The van der Waals surface area contributed by atoms with Gasteiger partial charge in [0.2, 0.25) is 5.91 Å². The third-order valence-electron chi connectivity index (χ3n) is 9.92. The molecular weight excluding hydrogens is 498 g/mol. The van der Waals surface area contributed by atoms with E-state index in [4.69, 9.17) is 0 Å². The number of carbonyl (C=O) groups is 3. The highest BCUT2D eigenvalue weighted by atomic mass is 16.2. The van der Waals surface area contributed by atoms with Crippen LogP contribution in [0.5, 0.6) is 0 Å². The van der Waals surface area contributed by atoms with Crippen molar-refractivity contribution in [1.29, 1.82) is 0 Å². The highest BCUT2D eigenvalue weighted by molar-refractivity contribution is 6.21. The van der Waals surface area contributed by atoms with Crippen molar-refractivity contribution in [3.05, 3.63) is 107 Å². The number of para-hydroxylation sites is 2. The Bertz CT molecular complexity index is 1780. The zero-order valence-corrected chi connectivity index (χ0v) is 22.2. The van der Waals surface area contributed by atoms with E-state index in [1.54, 1.807) is 0 Å². The standard InChI is InChI=1S/C34H29N3O3/c1-2-20-11-7-13-25-29(20)36-32(40)34(25)33(24-12-5-6-14-26(24)35-31(33)39)28(27-15-8-18-37(27)34)30(38)23-17-16-21-9-3-4-10-22(21)19-23/h3-7,9-14,16-17,19,27-28H,2,8,15,18H2,1H3,(H,35,39)(H,36,40)/t27-,28+,33+,34-/m1/s1. The number of aryl methyl sites for hydroxylation is 1. The van der Waals surface area contributed by atoms with Gasteiger partial charge in [-0.2, -0.15) is 0 Å². The molecule has 0 radical (unpaired) electrons. The molecule has 0 aromatic heterocycles. The van der Waals surface area contributed by atoms with E-state index in [1.807, 2.05) is 84.9 Å². The summed E-state index contributed by atoms with van der Waals surface area (Å²) in [4.78, 5) is 46.4. The van der Waals surface area contributed by atoms with Gasteiger partial charge < -0.3 is 10.6 Å². The molecule has 2 saturated heterocycles. The minimum Gasteiger partial charge on any atom is -0.325 e. The summed E-state index contributed by atoms with van der Waals surface area (Å²) in [6.45, 7) is 2.71. The van der Waals surface area contributed by atoms with Gasteiger partial charge in [0.1, 0.15) is 11.0 Å². The number of benzene rings is 4. The Balaban J connectivity index is 1.45. The second-order valence-corrected chi connectivity index (χ2v) is 11.5. The second kappa shape index (κ2) is 8.12. The van der Waals surface area contributed by atoms with Gasteiger partial charge in [0.25, 0.3) is 5.91 Å². The zero-order valence-electron chi connectivity index (χ0n) is 22.2. The molecule has 2 N–H and O–H groups in total. The van der Waals surface area contributed by atoms with Crippen LogP contribution in [0, 0.1) is 5.92 Å². The van der Waals surface area contributed by atoms with E-state index in [0.29, 0.717) is 17.8 Å². The highest BCUT2D eigenvalue weighted by Gasteiger charge is 2.81. The first-order chi connectivity index (χ1) is 19.5. The summed E-state index contributed by atoms with van der Waals surface area (Å²) in [6, 6.07) is 27.1. The molecule has 0 saturated carbocycles. The van der Waals surface area contributed by atoms with Crippen LogP contribution in [-0.4, -0.2) is 35.1 Å². The lowest BCUT2D eigenvalue weighted by Gasteiger charge is -2.43. The van der Waals surface area contributed by atoms with Crippen molar-refractivity contribution in [1.82, 2.24) is 4.90 Å². The Labute approximate surface area is 232 Å². The Morgan fingerprint density at radius 1 is 0.875 bits per heavy atom. The number of amides is 2. The third-order valence-corrected chi connectivity index (χ3v) is 9.92. The molecule has 2 fully saturated rings. The Kier molecular flexibility index (Phi) is 4.79. The van der Waals surface area contributed by atoms with Crippen molar-refractivity contribution in [2.75, 3.05) is 17.2 Å². The van der Waals surface area contributed by atoms with E-state index < -0.39 is 16.9 Å². The van der Waals surface area contributed by atoms with Crippen molar-refractivity contribution in [2.24, 2.45) is 5.92 Å². The molecule has 2 amide bonds. The zero-order chi connectivity index (χ0) is 27.2. The van der Waals surface area contributed by atoms with Crippen LogP contribution in [-0.2, 0) is 27.0 Å². The molecule has 4 atom stereocenters. The summed E-state index contributed by atoms with van der Waals surface area (Å²) < 4.78 is 0. The fourth-order valence-corrected chi connectivity index (χ4v) is 8.48. The largest absolute Gasteiger partial charge is 0.325 e. The van der Waals surface area contributed by atoms with Crippen LogP contribution in [0.25, 0.3) is 10.8 Å². The van der Waals surface area contributed by atoms with Gasteiger partial charge in [-0.15, -0.1) is 0 Å². The fraction of sp³-hybridized carbons (Fsp3) is 0.265. The van der Waals surface area contributed by atoms with Crippen LogP contribution >= 0.6 is 0 Å². The summed E-state index contributed by atoms with van der Waals surface area (Å²) in [7, 11) is 0. The Hall–Kier alpha value is -4.29. The van der Waals surface area contributed by atoms with Gasteiger partial charge in [-0.1, -0.05) is 79.7 Å². The maximum atomic E-state index is 14.9. The van der Waals surface area contributed by atoms with Crippen LogP contribution < -0.4 is 10.6 Å². The number of nitrogens with one attached hydrogen (secondary N) is 2. The first-order valence-corrected chi connectivity index (χ1v) is 14.2. The minimum absolute atomic E-state index is 0.0840. The van der Waals surface area contributed by atoms with E-state index in [1.165, 1.54) is 0 Å². The van der Waals surface area contributed by atoms with Crippen LogP contribution in [0.2, 0.25) is 0 Å². The predicted octanol–water partition coefficient (Wildman–Crippen LogP) is 5.42. The summed E-state index contributed by atoms with van der Waals surface area (Å²) >= 11 is 0. The van der Waals surface area contributed by atoms with Gasteiger partial charge in [-0.25, -0.2) is 0 Å². The minimum atomic E-state index is -1.42. The average Bonchev–Trinajstić information content (AvgIpc) is 3.71. The van der Waals surface area contributed by atoms with Crippen LogP contribution in [0.3, 0.4) is 0 Å². The smallest absolute Gasteiger partial charge is 0.251 e.